The van der Waals surface area contributed by atoms with E-state index in [0.717, 1.165) is 37.0 Å². The van der Waals surface area contributed by atoms with Crippen molar-refractivity contribution in [3.05, 3.63) is 36.0 Å². The number of fused-ring (bicyclic) bond motifs is 3. The molecule has 0 radical (unpaired) electrons. The largest absolute Gasteiger partial charge is 0.378 e. The molecule has 2 aliphatic heterocycles. The number of nitrogens with one attached hydrogen (secondary N) is 1. The smallest absolute Gasteiger partial charge is 0.253 e. The Kier molecular flexibility index (Phi) is 4.20. The van der Waals surface area contributed by atoms with E-state index < -0.39 is 0 Å². The molecule has 0 unspecified atom stereocenters. The number of morpholine rings is 1. The summed E-state index contributed by atoms with van der Waals surface area (Å²) in [6.45, 7) is 1.71. The molecule has 6 heteroatoms. The van der Waals surface area contributed by atoms with Gasteiger partial charge in [0.15, 0.2) is 0 Å². The van der Waals surface area contributed by atoms with Gasteiger partial charge in [-0.1, -0.05) is 18.2 Å². The highest BCUT2D eigenvalue weighted by Crippen LogP contribution is 2.27. The molecule has 1 aromatic carbocycles. The van der Waals surface area contributed by atoms with Crippen LogP contribution in [0.4, 0.5) is 0 Å². The Morgan fingerprint density at radius 1 is 1.32 bits per heavy atom. The van der Waals surface area contributed by atoms with Gasteiger partial charge in [-0.25, -0.2) is 0 Å². The van der Waals surface area contributed by atoms with Gasteiger partial charge in [-0.15, -0.1) is 0 Å². The minimum absolute atomic E-state index is 0.0542. The molecule has 0 saturated carbocycles. The molecule has 6 nitrogen and oxygen atoms in total. The van der Waals surface area contributed by atoms with E-state index in [2.05, 4.69) is 23.3 Å². The number of aromatic nitrogens is 1. The van der Waals surface area contributed by atoms with Gasteiger partial charge in [0, 0.05) is 35.2 Å². The van der Waals surface area contributed by atoms with E-state index in [1.165, 1.54) is 0 Å². The first-order valence-electron chi connectivity index (χ1n) is 8.72. The topological polar surface area (TPSA) is 70.3 Å². The van der Waals surface area contributed by atoms with Crippen LogP contribution in [0.3, 0.4) is 0 Å². The first-order chi connectivity index (χ1) is 12.2. The number of amides is 1. The Hall–Kier alpha value is -2.36. The normalized spacial score (nSPS) is 26.3. The van der Waals surface area contributed by atoms with Crippen LogP contribution in [0.25, 0.3) is 10.9 Å². The van der Waals surface area contributed by atoms with Gasteiger partial charge in [0.05, 0.1) is 24.8 Å². The van der Waals surface area contributed by atoms with Gasteiger partial charge >= 0.3 is 0 Å². The summed E-state index contributed by atoms with van der Waals surface area (Å²) in [6.07, 6.45) is 3.62. The lowest BCUT2D eigenvalue weighted by Gasteiger charge is -2.46. The molecule has 2 aliphatic rings. The summed E-state index contributed by atoms with van der Waals surface area (Å²) in [4.78, 5) is 15.3. The third kappa shape index (κ3) is 2.90. The highest BCUT2D eigenvalue weighted by Gasteiger charge is 2.37. The molecule has 4 rings (SSSR count). The quantitative estimate of drug-likeness (QED) is 0.926. The summed E-state index contributed by atoms with van der Waals surface area (Å²) in [6, 6.07) is 10.8. The second-order valence-electron chi connectivity index (χ2n) is 7.00. The summed E-state index contributed by atoms with van der Waals surface area (Å²) in [5.41, 5.74) is 1.56. The zero-order chi connectivity index (χ0) is 17.4. The number of nitriles is 1. The van der Waals surface area contributed by atoms with Crippen LogP contribution in [-0.4, -0.2) is 53.8 Å². The van der Waals surface area contributed by atoms with Gasteiger partial charge < -0.3 is 14.6 Å². The molecule has 3 heterocycles. The van der Waals surface area contributed by atoms with Crippen molar-refractivity contribution in [1.29, 1.82) is 5.26 Å². The number of hydrogen-bond acceptors (Lipinski definition) is 4. The number of likely N-dealkylation sites (N-methyl/N-ethyl adjacent to an activating group) is 1. The van der Waals surface area contributed by atoms with E-state index in [4.69, 9.17) is 10.00 Å². The van der Waals surface area contributed by atoms with Crippen LogP contribution in [0.15, 0.2) is 30.5 Å². The van der Waals surface area contributed by atoms with Gasteiger partial charge in [0.25, 0.3) is 5.91 Å². The molecule has 0 aliphatic carbocycles. The van der Waals surface area contributed by atoms with E-state index in [1.54, 1.807) is 6.20 Å². The summed E-state index contributed by atoms with van der Waals surface area (Å²) >= 11 is 0. The van der Waals surface area contributed by atoms with Gasteiger partial charge in [-0.3, -0.25) is 9.69 Å². The Bertz CT molecular complexity index is 824. The Balaban J connectivity index is 1.56. The van der Waals surface area contributed by atoms with Gasteiger partial charge in [0.1, 0.15) is 6.54 Å². The maximum absolute atomic E-state index is 12.9. The van der Waals surface area contributed by atoms with Crippen LogP contribution in [-0.2, 0) is 11.3 Å². The second-order valence-corrected chi connectivity index (χ2v) is 7.00. The van der Waals surface area contributed by atoms with Crippen LogP contribution >= 0.6 is 0 Å². The Morgan fingerprint density at radius 2 is 2.04 bits per heavy atom. The number of carbonyl (C=O) groups excluding carboxylic acids is 1. The number of benzene rings is 1. The highest BCUT2D eigenvalue weighted by molar-refractivity contribution is 6.07. The average Bonchev–Trinajstić information content (AvgIpc) is 2.95. The summed E-state index contributed by atoms with van der Waals surface area (Å²) in [5.74, 6) is -0.0542. The van der Waals surface area contributed by atoms with Crippen molar-refractivity contribution in [2.24, 2.45) is 0 Å². The standard InChI is InChI=1S/C19H22N4O2/c1-22-14-8-13(9-15(22)12-25-11-14)21-19(24)17-10-23(7-6-20)18-5-3-2-4-16(17)18/h2-5,10,13-15H,7-9,11-12H2,1H3,(H,21,24)/t13-,14-,15+. The first kappa shape index (κ1) is 16.1. The molecule has 2 saturated heterocycles. The molecule has 3 atom stereocenters. The number of piperidine rings is 1. The molecule has 2 aromatic rings. The van der Waals surface area contributed by atoms with Crippen molar-refractivity contribution in [3.63, 3.8) is 0 Å². The van der Waals surface area contributed by atoms with E-state index in [-0.39, 0.29) is 18.5 Å². The monoisotopic (exact) mass is 338 g/mol. The predicted octanol–water partition coefficient (Wildman–Crippen LogP) is 1.76. The molecule has 1 amide bonds. The molecule has 0 spiro atoms. The maximum atomic E-state index is 12.9. The number of nitrogens with zero attached hydrogens (tertiary/aromatic N) is 3. The lowest BCUT2D eigenvalue weighted by Crippen LogP contribution is -2.59. The fraction of sp³-hybridized carbons (Fsp3) is 0.474. The van der Waals surface area contributed by atoms with Crippen LogP contribution < -0.4 is 5.32 Å². The van der Waals surface area contributed by atoms with E-state index >= 15 is 0 Å². The van der Waals surface area contributed by atoms with E-state index in [0.29, 0.717) is 17.6 Å². The zero-order valence-corrected chi connectivity index (χ0v) is 14.3. The van der Waals surface area contributed by atoms with Crippen molar-refractivity contribution >= 4 is 16.8 Å². The van der Waals surface area contributed by atoms with E-state index in [9.17, 15) is 4.79 Å². The summed E-state index contributed by atoms with van der Waals surface area (Å²) < 4.78 is 7.48. The zero-order valence-electron chi connectivity index (χ0n) is 14.3. The number of carbonyl (C=O) groups is 1. The molecule has 25 heavy (non-hydrogen) atoms. The SMILES string of the molecule is CN1[C@@H]2COC[C@H]1C[C@@H](NC(=O)c1cn(CC#N)c3ccccc13)C2. The lowest BCUT2D eigenvalue weighted by atomic mass is 9.90. The number of hydrogen-bond donors (Lipinski definition) is 1. The molecule has 1 N–H and O–H groups in total. The lowest BCUT2D eigenvalue weighted by molar-refractivity contribution is -0.0670. The first-order valence-corrected chi connectivity index (χ1v) is 8.72. The summed E-state index contributed by atoms with van der Waals surface area (Å²) in [5, 5.41) is 13.1. The fourth-order valence-corrected chi connectivity index (χ4v) is 4.11. The van der Waals surface area contributed by atoms with Crippen LogP contribution in [0, 0.1) is 11.3 Å². The van der Waals surface area contributed by atoms with Crippen molar-refractivity contribution in [3.8, 4) is 6.07 Å². The third-order valence-corrected chi connectivity index (χ3v) is 5.50. The molecule has 1 aromatic heterocycles. The number of para-hydroxylation sites is 1. The van der Waals surface area contributed by atoms with E-state index in [1.807, 2.05) is 28.8 Å². The van der Waals surface area contributed by atoms with Crippen molar-refractivity contribution in [2.45, 2.75) is 37.5 Å². The molecule has 130 valence electrons. The van der Waals surface area contributed by atoms with Crippen LogP contribution in [0.1, 0.15) is 23.2 Å². The number of rotatable bonds is 3. The van der Waals surface area contributed by atoms with Crippen LogP contribution in [0.2, 0.25) is 0 Å². The van der Waals surface area contributed by atoms with Crippen molar-refractivity contribution in [2.75, 3.05) is 20.3 Å². The minimum Gasteiger partial charge on any atom is -0.378 e. The van der Waals surface area contributed by atoms with Gasteiger partial charge in [-0.2, -0.15) is 5.26 Å². The molecular weight excluding hydrogens is 316 g/mol. The number of ether oxygens (including phenoxy) is 1. The van der Waals surface area contributed by atoms with Crippen molar-refractivity contribution < 1.29 is 9.53 Å². The third-order valence-electron chi connectivity index (χ3n) is 5.50. The fourth-order valence-electron chi connectivity index (χ4n) is 4.11. The van der Waals surface area contributed by atoms with Gasteiger partial charge in [-0.05, 0) is 26.0 Å². The Morgan fingerprint density at radius 3 is 2.76 bits per heavy atom. The van der Waals surface area contributed by atoms with Crippen molar-refractivity contribution in [1.82, 2.24) is 14.8 Å². The predicted molar refractivity (Wildman–Crippen MR) is 94.2 cm³/mol. The van der Waals surface area contributed by atoms with Crippen LogP contribution in [0.5, 0.6) is 0 Å². The molecular formula is C19H22N4O2. The second kappa shape index (κ2) is 6.51. The summed E-state index contributed by atoms with van der Waals surface area (Å²) in [7, 11) is 2.14. The van der Waals surface area contributed by atoms with Gasteiger partial charge in [0.2, 0.25) is 0 Å². The average molecular weight is 338 g/mol. The molecule has 2 bridgehead atoms. The Labute approximate surface area is 147 Å². The molecule has 2 fully saturated rings. The maximum Gasteiger partial charge on any atom is 0.253 e. The highest BCUT2D eigenvalue weighted by atomic mass is 16.5. The minimum atomic E-state index is -0.0542.